The quantitative estimate of drug-likeness (QED) is 0.861. The maximum Gasteiger partial charge on any atom is 0.303 e. The van der Waals surface area contributed by atoms with E-state index < -0.39 is 5.97 Å². The number of rotatable bonds is 6. The van der Waals surface area contributed by atoms with Crippen LogP contribution in [0.15, 0.2) is 24.3 Å². The molecule has 2 rings (SSSR count). The predicted molar refractivity (Wildman–Crippen MR) is 73.7 cm³/mol. The SMILES string of the molecule is Cc1ccc(OC2CN(C(=O)CCCC(=O)O)C2)cc1. The molecule has 1 fully saturated rings. The first-order valence-corrected chi connectivity index (χ1v) is 6.77. The topological polar surface area (TPSA) is 66.8 Å². The third kappa shape index (κ3) is 3.98. The van der Waals surface area contributed by atoms with Gasteiger partial charge in [-0.3, -0.25) is 9.59 Å². The highest BCUT2D eigenvalue weighted by Gasteiger charge is 2.31. The molecule has 1 heterocycles. The molecular weight excluding hydrogens is 258 g/mol. The van der Waals surface area contributed by atoms with Crippen LogP contribution in [0.3, 0.4) is 0 Å². The van der Waals surface area contributed by atoms with Crippen molar-refractivity contribution in [2.45, 2.75) is 32.3 Å². The molecule has 0 aliphatic carbocycles. The maximum atomic E-state index is 11.7. The standard InChI is InChI=1S/C15H19NO4/c1-11-5-7-12(8-6-11)20-13-9-16(10-13)14(17)3-2-4-15(18)19/h5-8,13H,2-4,9-10H2,1H3,(H,18,19). The zero-order valence-electron chi connectivity index (χ0n) is 11.5. The van der Waals surface area contributed by atoms with E-state index in [9.17, 15) is 9.59 Å². The largest absolute Gasteiger partial charge is 0.487 e. The van der Waals surface area contributed by atoms with E-state index >= 15 is 0 Å². The Morgan fingerprint density at radius 3 is 2.50 bits per heavy atom. The van der Waals surface area contributed by atoms with Gasteiger partial charge in [0.2, 0.25) is 5.91 Å². The maximum absolute atomic E-state index is 11.7. The molecule has 108 valence electrons. The number of hydrogen-bond acceptors (Lipinski definition) is 3. The Labute approximate surface area is 118 Å². The van der Waals surface area contributed by atoms with E-state index in [0.29, 0.717) is 25.9 Å². The lowest BCUT2D eigenvalue weighted by molar-refractivity contribution is -0.140. The molecule has 5 nitrogen and oxygen atoms in total. The van der Waals surface area contributed by atoms with E-state index in [4.69, 9.17) is 9.84 Å². The summed E-state index contributed by atoms with van der Waals surface area (Å²) in [6, 6.07) is 7.82. The van der Waals surface area contributed by atoms with Gasteiger partial charge in [0.25, 0.3) is 0 Å². The molecule has 0 radical (unpaired) electrons. The summed E-state index contributed by atoms with van der Waals surface area (Å²) in [5.74, 6) is -0.0319. The highest BCUT2D eigenvalue weighted by atomic mass is 16.5. The van der Waals surface area contributed by atoms with Gasteiger partial charge in [0, 0.05) is 12.8 Å². The molecule has 1 aromatic carbocycles. The van der Waals surface area contributed by atoms with Crippen molar-refractivity contribution in [3.63, 3.8) is 0 Å². The Bertz CT molecular complexity index is 477. The Morgan fingerprint density at radius 1 is 1.25 bits per heavy atom. The predicted octanol–water partition coefficient (Wildman–Crippen LogP) is 1.84. The molecule has 1 aliphatic heterocycles. The Balaban J connectivity index is 1.67. The zero-order valence-corrected chi connectivity index (χ0v) is 11.5. The normalized spacial score (nSPS) is 14.8. The molecule has 0 aromatic heterocycles. The second kappa shape index (κ2) is 6.41. The number of carbonyl (C=O) groups excluding carboxylic acids is 1. The number of amides is 1. The molecule has 1 amide bonds. The third-order valence-electron chi connectivity index (χ3n) is 3.31. The van der Waals surface area contributed by atoms with Gasteiger partial charge in [0.15, 0.2) is 0 Å². The van der Waals surface area contributed by atoms with Crippen molar-refractivity contribution < 1.29 is 19.4 Å². The second-order valence-electron chi connectivity index (χ2n) is 5.10. The molecule has 0 saturated carbocycles. The van der Waals surface area contributed by atoms with Crippen molar-refractivity contribution in [3.05, 3.63) is 29.8 Å². The Morgan fingerprint density at radius 2 is 1.90 bits per heavy atom. The van der Waals surface area contributed by atoms with Crippen LogP contribution in [-0.2, 0) is 9.59 Å². The third-order valence-corrected chi connectivity index (χ3v) is 3.31. The van der Waals surface area contributed by atoms with Gasteiger partial charge in [-0.1, -0.05) is 17.7 Å². The Hall–Kier alpha value is -2.04. The fourth-order valence-corrected chi connectivity index (χ4v) is 2.07. The van der Waals surface area contributed by atoms with E-state index in [1.807, 2.05) is 31.2 Å². The van der Waals surface area contributed by atoms with Crippen LogP contribution in [0.1, 0.15) is 24.8 Å². The molecule has 0 unspecified atom stereocenters. The van der Waals surface area contributed by atoms with Gasteiger partial charge in [-0.15, -0.1) is 0 Å². The highest BCUT2D eigenvalue weighted by molar-refractivity contribution is 5.77. The van der Waals surface area contributed by atoms with Gasteiger partial charge in [0.05, 0.1) is 13.1 Å². The summed E-state index contributed by atoms with van der Waals surface area (Å²) in [5.41, 5.74) is 1.18. The van der Waals surface area contributed by atoms with Gasteiger partial charge in [-0.05, 0) is 25.5 Å². The van der Waals surface area contributed by atoms with E-state index in [2.05, 4.69) is 0 Å². The number of carboxylic acids is 1. The first kappa shape index (κ1) is 14.4. The summed E-state index contributed by atoms with van der Waals surface area (Å²) in [4.78, 5) is 23.8. The lowest BCUT2D eigenvalue weighted by atomic mass is 10.1. The molecule has 20 heavy (non-hydrogen) atoms. The van der Waals surface area contributed by atoms with Crippen LogP contribution in [0.2, 0.25) is 0 Å². The van der Waals surface area contributed by atoms with Crippen LogP contribution < -0.4 is 4.74 Å². The minimum absolute atomic E-state index is 0.00926. The molecule has 1 aliphatic rings. The summed E-state index contributed by atoms with van der Waals surface area (Å²) < 4.78 is 5.74. The van der Waals surface area contributed by atoms with Crippen molar-refractivity contribution >= 4 is 11.9 Å². The number of ether oxygens (including phenoxy) is 1. The fraction of sp³-hybridized carbons (Fsp3) is 0.467. The first-order valence-electron chi connectivity index (χ1n) is 6.77. The number of hydrogen-bond donors (Lipinski definition) is 1. The molecule has 5 heteroatoms. The van der Waals surface area contributed by atoms with Gasteiger partial charge in [-0.25, -0.2) is 0 Å². The summed E-state index contributed by atoms with van der Waals surface area (Å²) in [6.45, 7) is 3.18. The smallest absolute Gasteiger partial charge is 0.303 e. The minimum atomic E-state index is -0.859. The number of aliphatic carboxylic acids is 1. The summed E-state index contributed by atoms with van der Waals surface area (Å²) in [5, 5.41) is 8.52. The van der Waals surface area contributed by atoms with Crippen LogP contribution >= 0.6 is 0 Å². The van der Waals surface area contributed by atoms with Crippen molar-refractivity contribution in [1.82, 2.24) is 4.90 Å². The van der Waals surface area contributed by atoms with Crippen LogP contribution in [0.4, 0.5) is 0 Å². The van der Waals surface area contributed by atoms with Crippen molar-refractivity contribution in [2.24, 2.45) is 0 Å². The number of nitrogens with zero attached hydrogens (tertiary/aromatic N) is 1. The molecule has 1 N–H and O–H groups in total. The van der Waals surface area contributed by atoms with Gasteiger partial charge in [0.1, 0.15) is 11.9 Å². The summed E-state index contributed by atoms with van der Waals surface area (Å²) in [6.07, 6.45) is 0.779. The number of benzene rings is 1. The minimum Gasteiger partial charge on any atom is -0.487 e. The van der Waals surface area contributed by atoms with Crippen LogP contribution in [-0.4, -0.2) is 41.1 Å². The van der Waals surface area contributed by atoms with Gasteiger partial charge in [-0.2, -0.15) is 0 Å². The fourth-order valence-electron chi connectivity index (χ4n) is 2.07. The van der Waals surface area contributed by atoms with Crippen LogP contribution in [0.5, 0.6) is 5.75 Å². The molecule has 0 spiro atoms. The monoisotopic (exact) mass is 277 g/mol. The lowest BCUT2D eigenvalue weighted by Gasteiger charge is -2.39. The summed E-state index contributed by atoms with van der Waals surface area (Å²) >= 11 is 0. The van der Waals surface area contributed by atoms with Crippen molar-refractivity contribution in [2.75, 3.05) is 13.1 Å². The average molecular weight is 277 g/mol. The second-order valence-corrected chi connectivity index (χ2v) is 5.10. The molecular formula is C15H19NO4. The number of carboxylic acid groups (broad SMARTS) is 1. The highest BCUT2D eigenvalue weighted by Crippen LogP contribution is 2.19. The van der Waals surface area contributed by atoms with Gasteiger partial charge < -0.3 is 14.7 Å². The zero-order chi connectivity index (χ0) is 14.5. The number of likely N-dealkylation sites (tertiary alicyclic amines) is 1. The van der Waals surface area contributed by atoms with Crippen molar-refractivity contribution in [3.8, 4) is 5.75 Å². The number of aryl methyl sites for hydroxylation is 1. The van der Waals surface area contributed by atoms with Crippen LogP contribution in [0.25, 0.3) is 0 Å². The Kier molecular flexibility index (Phi) is 4.61. The molecule has 0 bridgehead atoms. The van der Waals surface area contributed by atoms with E-state index in [0.717, 1.165) is 5.75 Å². The van der Waals surface area contributed by atoms with E-state index in [1.165, 1.54) is 5.56 Å². The van der Waals surface area contributed by atoms with E-state index in [-0.39, 0.29) is 18.4 Å². The molecule has 1 saturated heterocycles. The van der Waals surface area contributed by atoms with Crippen LogP contribution in [0, 0.1) is 6.92 Å². The van der Waals surface area contributed by atoms with Crippen molar-refractivity contribution in [1.29, 1.82) is 0 Å². The molecule has 0 atom stereocenters. The number of carbonyl (C=O) groups is 2. The summed E-state index contributed by atoms with van der Waals surface area (Å²) in [7, 11) is 0. The average Bonchev–Trinajstić information content (AvgIpc) is 2.34. The van der Waals surface area contributed by atoms with Gasteiger partial charge >= 0.3 is 5.97 Å². The van der Waals surface area contributed by atoms with E-state index in [1.54, 1.807) is 4.90 Å². The lowest BCUT2D eigenvalue weighted by Crippen LogP contribution is -2.56. The molecule has 1 aromatic rings. The first-order chi connectivity index (χ1) is 9.54.